The highest BCUT2D eigenvalue weighted by Crippen LogP contribution is 2.31. The Morgan fingerprint density at radius 2 is 1.96 bits per heavy atom. The van der Waals surface area contributed by atoms with Crippen LogP contribution >= 0.6 is 23.2 Å². The first kappa shape index (κ1) is 19.9. The zero-order chi connectivity index (χ0) is 18.5. The molecule has 4 nitrogen and oxygen atoms in total. The molecule has 1 aliphatic carbocycles. The summed E-state index contributed by atoms with van der Waals surface area (Å²) in [6.07, 6.45) is 7.32. The van der Waals surface area contributed by atoms with Gasteiger partial charge in [0.05, 0.1) is 16.1 Å². The minimum Gasteiger partial charge on any atom is -0.381 e. The number of nitrogens with one attached hydrogen (secondary N) is 1. The standard InChI is InChI=1S/C20H28Cl2N2O2/c1-26-16-6-4-5-15(19(12-16)24-9-2-3-10-24)13-23-20(25)14-7-8-17(21)18(22)11-14/h7-8,11,15-16,19H,2-6,9-10,12-13H2,1H3,(H,23,25). The van der Waals surface area contributed by atoms with Crippen LogP contribution in [0.4, 0.5) is 0 Å². The maximum absolute atomic E-state index is 12.5. The number of rotatable bonds is 5. The summed E-state index contributed by atoms with van der Waals surface area (Å²) in [6.45, 7) is 3.02. The lowest BCUT2D eigenvalue weighted by molar-refractivity contribution is 0.0570. The van der Waals surface area contributed by atoms with E-state index in [0.717, 1.165) is 25.7 Å². The number of likely N-dealkylation sites (tertiary alicyclic amines) is 1. The number of carbonyl (C=O) groups is 1. The Hall–Kier alpha value is -0.810. The Morgan fingerprint density at radius 1 is 1.19 bits per heavy atom. The molecule has 0 aromatic heterocycles. The largest absolute Gasteiger partial charge is 0.381 e. The molecular formula is C20H28Cl2N2O2. The SMILES string of the molecule is COC1CCCC(CNC(=O)c2ccc(Cl)c(Cl)c2)C(N2CCCC2)C1. The number of hydrogen-bond acceptors (Lipinski definition) is 3. The molecule has 1 aromatic carbocycles. The lowest BCUT2D eigenvalue weighted by Gasteiger charge is -2.34. The number of ether oxygens (including phenoxy) is 1. The van der Waals surface area contributed by atoms with Crippen molar-refractivity contribution in [2.45, 2.75) is 50.7 Å². The molecule has 3 unspecified atom stereocenters. The van der Waals surface area contributed by atoms with Gasteiger partial charge in [0.2, 0.25) is 0 Å². The van der Waals surface area contributed by atoms with E-state index in [4.69, 9.17) is 27.9 Å². The maximum atomic E-state index is 12.5. The molecule has 1 amide bonds. The van der Waals surface area contributed by atoms with E-state index < -0.39 is 0 Å². The minimum atomic E-state index is -0.0868. The van der Waals surface area contributed by atoms with Gasteiger partial charge in [-0.25, -0.2) is 0 Å². The number of amides is 1. The third-order valence-corrected chi connectivity index (χ3v) is 6.54. The van der Waals surface area contributed by atoms with Crippen molar-refractivity contribution in [3.8, 4) is 0 Å². The van der Waals surface area contributed by atoms with Gasteiger partial charge >= 0.3 is 0 Å². The van der Waals surface area contributed by atoms with Crippen LogP contribution in [0.15, 0.2) is 18.2 Å². The fraction of sp³-hybridized carbons (Fsp3) is 0.650. The molecule has 26 heavy (non-hydrogen) atoms. The van der Waals surface area contributed by atoms with Crippen LogP contribution < -0.4 is 5.32 Å². The fourth-order valence-corrected chi connectivity index (χ4v) is 4.61. The topological polar surface area (TPSA) is 41.6 Å². The van der Waals surface area contributed by atoms with Crippen molar-refractivity contribution >= 4 is 29.1 Å². The zero-order valence-corrected chi connectivity index (χ0v) is 16.9. The molecule has 1 aromatic rings. The molecule has 1 heterocycles. The summed E-state index contributed by atoms with van der Waals surface area (Å²) in [4.78, 5) is 15.1. The Balaban J connectivity index is 1.65. The van der Waals surface area contributed by atoms with E-state index in [1.54, 1.807) is 18.2 Å². The van der Waals surface area contributed by atoms with Crippen molar-refractivity contribution in [2.75, 3.05) is 26.7 Å². The van der Waals surface area contributed by atoms with Gasteiger partial charge in [-0.2, -0.15) is 0 Å². The van der Waals surface area contributed by atoms with Gasteiger partial charge in [0, 0.05) is 25.3 Å². The van der Waals surface area contributed by atoms with E-state index in [1.165, 1.54) is 25.9 Å². The van der Waals surface area contributed by atoms with E-state index >= 15 is 0 Å². The molecule has 1 saturated carbocycles. The third kappa shape index (κ3) is 4.92. The number of nitrogens with zero attached hydrogens (tertiary/aromatic N) is 1. The average molecular weight is 399 g/mol. The molecule has 6 heteroatoms. The first-order valence-corrected chi connectivity index (χ1v) is 10.3. The quantitative estimate of drug-likeness (QED) is 0.747. The monoisotopic (exact) mass is 398 g/mol. The molecule has 1 saturated heterocycles. The second-order valence-corrected chi connectivity index (χ2v) is 8.25. The summed E-state index contributed by atoms with van der Waals surface area (Å²) in [5.41, 5.74) is 0.556. The Morgan fingerprint density at radius 3 is 2.65 bits per heavy atom. The lowest BCUT2D eigenvalue weighted by atomic mass is 9.93. The predicted octanol–water partition coefficient (Wildman–Crippen LogP) is 4.39. The number of carbonyl (C=O) groups excluding carboxylic acids is 1. The smallest absolute Gasteiger partial charge is 0.251 e. The Kier molecular flexibility index (Phi) is 7.21. The van der Waals surface area contributed by atoms with E-state index in [0.29, 0.717) is 40.2 Å². The molecule has 0 spiro atoms. The molecule has 1 aliphatic heterocycles. The van der Waals surface area contributed by atoms with Crippen molar-refractivity contribution in [3.63, 3.8) is 0 Å². The van der Waals surface area contributed by atoms with Gasteiger partial charge < -0.3 is 10.1 Å². The first-order chi connectivity index (χ1) is 12.6. The van der Waals surface area contributed by atoms with Crippen LogP contribution in [0.5, 0.6) is 0 Å². The summed E-state index contributed by atoms with van der Waals surface area (Å²) in [7, 11) is 1.82. The van der Waals surface area contributed by atoms with E-state index in [1.807, 2.05) is 7.11 Å². The van der Waals surface area contributed by atoms with Crippen molar-refractivity contribution in [1.82, 2.24) is 10.2 Å². The van der Waals surface area contributed by atoms with Crippen LogP contribution in [0.3, 0.4) is 0 Å². The van der Waals surface area contributed by atoms with Gasteiger partial charge in [-0.05, 0) is 69.3 Å². The van der Waals surface area contributed by atoms with Gasteiger partial charge in [-0.1, -0.05) is 29.6 Å². The number of benzene rings is 1. The van der Waals surface area contributed by atoms with Gasteiger partial charge in [-0.15, -0.1) is 0 Å². The highest BCUT2D eigenvalue weighted by molar-refractivity contribution is 6.42. The van der Waals surface area contributed by atoms with E-state index in [2.05, 4.69) is 10.2 Å². The molecule has 0 radical (unpaired) electrons. The Labute approximate surface area is 166 Å². The lowest BCUT2D eigenvalue weighted by Crippen LogP contribution is -2.44. The molecule has 144 valence electrons. The second-order valence-electron chi connectivity index (χ2n) is 7.43. The fourth-order valence-electron chi connectivity index (χ4n) is 4.32. The molecular weight excluding hydrogens is 371 g/mol. The van der Waals surface area contributed by atoms with Crippen molar-refractivity contribution in [2.24, 2.45) is 5.92 Å². The van der Waals surface area contributed by atoms with Crippen LogP contribution in [0.25, 0.3) is 0 Å². The highest BCUT2D eigenvalue weighted by atomic mass is 35.5. The van der Waals surface area contributed by atoms with Crippen LogP contribution in [-0.4, -0.2) is 49.7 Å². The van der Waals surface area contributed by atoms with Crippen LogP contribution in [0, 0.1) is 5.92 Å². The van der Waals surface area contributed by atoms with Crippen LogP contribution in [-0.2, 0) is 4.74 Å². The summed E-state index contributed by atoms with van der Waals surface area (Å²) in [6, 6.07) is 5.50. The summed E-state index contributed by atoms with van der Waals surface area (Å²) in [5.74, 6) is 0.372. The molecule has 3 rings (SSSR count). The Bertz CT molecular complexity index is 620. The second kappa shape index (κ2) is 9.41. The van der Waals surface area contributed by atoms with Gasteiger partial charge in [0.15, 0.2) is 0 Å². The van der Waals surface area contributed by atoms with E-state index in [-0.39, 0.29) is 5.91 Å². The van der Waals surface area contributed by atoms with Gasteiger partial charge in [0.25, 0.3) is 5.91 Å². The molecule has 2 aliphatic rings. The average Bonchev–Trinajstić information content (AvgIpc) is 3.09. The van der Waals surface area contributed by atoms with Crippen molar-refractivity contribution in [1.29, 1.82) is 0 Å². The van der Waals surface area contributed by atoms with Crippen molar-refractivity contribution < 1.29 is 9.53 Å². The minimum absolute atomic E-state index is 0.0868. The highest BCUT2D eigenvalue weighted by Gasteiger charge is 2.33. The van der Waals surface area contributed by atoms with Gasteiger partial charge in [0.1, 0.15) is 0 Å². The number of methoxy groups -OCH3 is 1. The molecule has 0 bridgehead atoms. The van der Waals surface area contributed by atoms with Gasteiger partial charge in [-0.3, -0.25) is 9.69 Å². The summed E-state index contributed by atoms with van der Waals surface area (Å²) in [5, 5.41) is 3.99. The summed E-state index contributed by atoms with van der Waals surface area (Å²) >= 11 is 12.0. The predicted molar refractivity (Wildman–Crippen MR) is 106 cm³/mol. The molecule has 2 fully saturated rings. The van der Waals surface area contributed by atoms with Crippen LogP contribution in [0.2, 0.25) is 10.0 Å². The zero-order valence-electron chi connectivity index (χ0n) is 15.3. The summed E-state index contributed by atoms with van der Waals surface area (Å²) < 4.78 is 5.69. The maximum Gasteiger partial charge on any atom is 0.251 e. The van der Waals surface area contributed by atoms with Crippen molar-refractivity contribution in [3.05, 3.63) is 33.8 Å². The third-order valence-electron chi connectivity index (χ3n) is 5.80. The number of halogens is 2. The number of hydrogen-bond donors (Lipinski definition) is 1. The van der Waals surface area contributed by atoms with E-state index in [9.17, 15) is 4.79 Å². The normalized spacial score (nSPS) is 27.3. The first-order valence-electron chi connectivity index (χ1n) is 9.58. The van der Waals surface area contributed by atoms with Crippen LogP contribution in [0.1, 0.15) is 48.9 Å². The molecule has 3 atom stereocenters. The molecule has 1 N–H and O–H groups in total.